The lowest BCUT2D eigenvalue weighted by Crippen LogP contribution is -2.45. The molecule has 0 atom stereocenters. The van der Waals surface area contributed by atoms with E-state index in [0.29, 0.717) is 36.7 Å². The molecular formula is C24H32ClN5O2S. The van der Waals surface area contributed by atoms with Gasteiger partial charge in [0.2, 0.25) is 11.8 Å². The van der Waals surface area contributed by atoms with Crippen molar-refractivity contribution in [1.29, 1.82) is 0 Å². The topological polar surface area (TPSA) is 71.5 Å². The Morgan fingerprint density at radius 3 is 2.61 bits per heavy atom. The number of hydrogen-bond donors (Lipinski definition) is 2. The molecule has 2 fully saturated rings. The fourth-order valence-corrected chi connectivity index (χ4v) is 4.93. The van der Waals surface area contributed by atoms with Crippen LogP contribution >= 0.6 is 23.8 Å². The van der Waals surface area contributed by atoms with Gasteiger partial charge in [-0.3, -0.25) is 0 Å². The average molecular weight is 490 g/mol. The summed E-state index contributed by atoms with van der Waals surface area (Å²) in [4.78, 5) is 11.5. The van der Waals surface area contributed by atoms with Crippen molar-refractivity contribution in [3.05, 3.63) is 40.9 Å². The highest BCUT2D eigenvalue weighted by atomic mass is 35.5. The summed E-state index contributed by atoms with van der Waals surface area (Å²) in [5, 5.41) is 7.78. The maximum absolute atomic E-state index is 6.29. The number of hydrogen-bond acceptors (Lipinski definition) is 6. The molecule has 4 rings (SSSR count). The summed E-state index contributed by atoms with van der Waals surface area (Å²) < 4.78 is 11.1. The molecular weight excluding hydrogens is 458 g/mol. The van der Waals surface area contributed by atoms with Gasteiger partial charge in [0.05, 0.1) is 7.11 Å². The van der Waals surface area contributed by atoms with E-state index >= 15 is 0 Å². The fourth-order valence-electron chi connectivity index (χ4n) is 4.58. The van der Waals surface area contributed by atoms with Crippen LogP contribution in [0.15, 0.2) is 30.3 Å². The number of methoxy groups -OCH3 is 1. The van der Waals surface area contributed by atoms with Crippen molar-refractivity contribution in [1.82, 2.24) is 15.3 Å². The van der Waals surface area contributed by atoms with E-state index in [4.69, 9.17) is 38.3 Å². The minimum Gasteiger partial charge on any atom is -0.481 e. The first-order valence-corrected chi connectivity index (χ1v) is 12.4. The van der Waals surface area contributed by atoms with Crippen molar-refractivity contribution < 1.29 is 9.47 Å². The summed E-state index contributed by atoms with van der Waals surface area (Å²) in [6.07, 6.45) is 6.67. The van der Waals surface area contributed by atoms with Gasteiger partial charge in [-0.1, -0.05) is 36.6 Å². The predicted molar refractivity (Wildman–Crippen MR) is 137 cm³/mol. The summed E-state index contributed by atoms with van der Waals surface area (Å²) >= 11 is 11.9. The second-order valence-corrected chi connectivity index (χ2v) is 9.55. The summed E-state index contributed by atoms with van der Waals surface area (Å²) in [5.74, 6) is 1.83. The first-order chi connectivity index (χ1) is 16.1. The third-order valence-corrected chi connectivity index (χ3v) is 7.01. The van der Waals surface area contributed by atoms with Gasteiger partial charge in [0.1, 0.15) is 5.82 Å². The van der Waals surface area contributed by atoms with Gasteiger partial charge < -0.3 is 25.0 Å². The number of thiocarbonyl (C=S) groups is 1. The van der Waals surface area contributed by atoms with E-state index < -0.39 is 0 Å². The minimum absolute atomic E-state index is 0.0959. The third kappa shape index (κ3) is 6.25. The van der Waals surface area contributed by atoms with E-state index in [0.717, 1.165) is 36.8 Å². The van der Waals surface area contributed by atoms with Gasteiger partial charge in [-0.15, -0.1) is 0 Å². The summed E-state index contributed by atoms with van der Waals surface area (Å²) in [5.41, 5.74) is 1.11. The Kier molecular flexibility index (Phi) is 8.22. The number of aromatic nitrogens is 2. The molecule has 178 valence electrons. The number of benzene rings is 1. The maximum Gasteiger partial charge on any atom is 0.234 e. The Morgan fingerprint density at radius 2 is 1.91 bits per heavy atom. The van der Waals surface area contributed by atoms with Gasteiger partial charge in [0, 0.05) is 49.4 Å². The van der Waals surface area contributed by atoms with Crippen LogP contribution in [0, 0.1) is 0 Å². The molecule has 1 aromatic carbocycles. The number of rotatable bonds is 6. The fraction of sp³-hybridized carbons (Fsp3) is 0.542. The van der Waals surface area contributed by atoms with Crippen molar-refractivity contribution in [3.8, 4) is 5.88 Å². The molecule has 2 aliphatic heterocycles. The van der Waals surface area contributed by atoms with Crippen LogP contribution in [0.5, 0.6) is 5.88 Å². The largest absolute Gasteiger partial charge is 0.481 e. The Balaban J connectivity index is 1.45. The Morgan fingerprint density at radius 1 is 1.15 bits per heavy atom. The molecule has 9 heteroatoms. The quantitative estimate of drug-likeness (QED) is 0.572. The number of nitrogens with one attached hydrogen (secondary N) is 2. The molecule has 0 saturated carbocycles. The van der Waals surface area contributed by atoms with E-state index in [1.807, 2.05) is 24.3 Å². The van der Waals surface area contributed by atoms with E-state index in [-0.39, 0.29) is 5.41 Å². The number of nitrogens with zero attached hydrogens (tertiary/aromatic N) is 3. The molecule has 2 aliphatic rings. The minimum atomic E-state index is -0.0959. The van der Waals surface area contributed by atoms with Crippen molar-refractivity contribution >= 4 is 40.7 Å². The Labute approximate surface area is 206 Å². The number of anilines is 2. The smallest absolute Gasteiger partial charge is 0.234 e. The number of ether oxygens (including phenoxy) is 2. The molecule has 0 bridgehead atoms. The van der Waals surface area contributed by atoms with Gasteiger partial charge in [-0.2, -0.15) is 9.97 Å². The van der Waals surface area contributed by atoms with E-state index in [9.17, 15) is 0 Å². The van der Waals surface area contributed by atoms with E-state index in [1.54, 1.807) is 7.11 Å². The van der Waals surface area contributed by atoms with Crippen molar-refractivity contribution in [2.45, 2.75) is 43.9 Å². The highest BCUT2D eigenvalue weighted by molar-refractivity contribution is 7.80. The van der Waals surface area contributed by atoms with Gasteiger partial charge in [0.15, 0.2) is 5.11 Å². The lowest BCUT2D eigenvalue weighted by molar-refractivity contribution is 0.0515. The lowest BCUT2D eigenvalue weighted by Gasteiger charge is -2.38. The van der Waals surface area contributed by atoms with Gasteiger partial charge in [-0.05, 0) is 55.6 Å². The number of halogens is 1. The van der Waals surface area contributed by atoms with Crippen LogP contribution < -0.4 is 20.3 Å². The van der Waals surface area contributed by atoms with Crippen LogP contribution in [0.4, 0.5) is 11.8 Å². The van der Waals surface area contributed by atoms with Crippen molar-refractivity contribution in [3.63, 3.8) is 0 Å². The normalized spacial score (nSPS) is 18.3. The van der Waals surface area contributed by atoms with Crippen LogP contribution in [0.1, 0.15) is 44.1 Å². The van der Waals surface area contributed by atoms with Gasteiger partial charge >= 0.3 is 0 Å². The summed E-state index contributed by atoms with van der Waals surface area (Å²) in [7, 11) is 1.62. The highest BCUT2D eigenvalue weighted by Gasteiger charge is 2.34. The lowest BCUT2D eigenvalue weighted by atomic mass is 9.74. The zero-order chi connectivity index (χ0) is 23.1. The third-order valence-electron chi connectivity index (χ3n) is 6.53. The SMILES string of the molecule is COc1cc(N2CCCCCC2)nc(NC(=S)NCC2(c3cccc(Cl)c3)CCOCC2)n1. The summed E-state index contributed by atoms with van der Waals surface area (Å²) in [6, 6.07) is 9.97. The van der Waals surface area contributed by atoms with Crippen LogP contribution in [0.25, 0.3) is 0 Å². The van der Waals surface area contributed by atoms with Crippen molar-refractivity contribution in [2.24, 2.45) is 0 Å². The molecule has 2 saturated heterocycles. The maximum atomic E-state index is 6.29. The van der Waals surface area contributed by atoms with E-state index in [1.165, 1.54) is 31.2 Å². The molecule has 2 N–H and O–H groups in total. The van der Waals surface area contributed by atoms with Gasteiger partial charge in [-0.25, -0.2) is 0 Å². The van der Waals surface area contributed by atoms with Crippen LogP contribution in [0.3, 0.4) is 0 Å². The second-order valence-electron chi connectivity index (χ2n) is 8.70. The predicted octanol–water partition coefficient (Wildman–Crippen LogP) is 4.55. The average Bonchev–Trinajstić information content (AvgIpc) is 3.13. The first kappa shape index (κ1) is 24.0. The molecule has 0 unspecified atom stereocenters. The molecule has 0 aliphatic carbocycles. The summed E-state index contributed by atoms with van der Waals surface area (Å²) in [6.45, 7) is 4.09. The molecule has 0 amide bonds. The zero-order valence-electron chi connectivity index (χ0n) is 19.1. The van der Waals surface area contributed by atoms with Gasteiger partial charge in [0.25, 0.3) is 0 Å². The van der Waals surface area contributed by atoms with E-state index in [2.05, 4.69) is 26.6 Å². The molecule has 1 aromatic heterocycles. The Hall–Kier alpha value is -2.16. The van der Waals surface area contributed by atoms with Crippen LogP contribution in [-0.4, -0.2) is 55.0 Å². The standard InChI is InChI=1S/C24H32ClN5O2S/c1-31-21-16-20(30-11-4-2-3-5-12-30)27-22(28-21)29-23(33)26-17-24(9-13-32-14-10-24)18-7-6-8-19(25)15-18/h6-8,15-16H,2-5,9-14,17H2,1H3,(H2,26,27,28,29,33). The highest BCUT2D eigenvalue weighted by Crippen LogP contribution is 2.35. The molecule has 33 heavy (non-hydrogen) atoms. The van der Waals surface area contributed by atoms with Crippen molar-refractivity contribution in [2.75, 3.05) is 50.2 Å². The molecule has 3 heterocycles. The monoisotopic (exact) mass is 489 g/mol. The van der Waals surface area contributed by atoms with Crippen LogP contribution in [-0.2, 0) is 10.2 Å². The molecule has 0 spiro atoms. The molecule has 0 radical (unpaired) electrons. The zero-order valence-corrected chi connectivity index (χ0v) is 20.7. The Bertz CT molecular complexity index is 946. The second kappa shape index (κ2) is 11.3. The van der Waals surface area contributed by atoms with Crippen LogP contribution in [0.2, 0.25) is 5.02 Å². The molecule has 7 nitrogen and oxygen atoms in total. The first-order valence-electron chi connectivity index (χ1n) is 11.6. The molecule has 2 aromatic rings.